The van der Waals surface area contributed by atoms with Gasteiger partial charge in [-0.1, -0.05) is 32.0 Å². The van der Waals surface area contributed by atoms with E-state index >= 15 is 0 Å². The largest absolute Gasteiger partial charge is 0.505 e. The second-order valence-corrected chi connectivity index (χ2v) is 9.89. The first kappa shape index (κ1) is 20.3. The zero-order valence-electron chi connectivity index (χ0n) is 16.4. The Labute approximate surface area is 177 Å². The molecule has 0 aliphatic carbocycles. The second kappa shape index (κ2) is 7.69. The predicted octanol–water partition coefficient (Wildman–Crippen LogP) is 3.09. The Hall–Kier alpha value is -2.98. The molecule has 3 aromatic rings. The van der Waals surface area contributed by atoms with Gasteiger partial charge in [-0.2, -0.15) is 5.10 Å². The molecule has 0 bridgehead atoms. The molecule has 3 heterocycles. The van der Waals surface area contributed by atoms with Crippen LogP contribution >= 0.6 is 11.3 Å². The molecule has 30 heavy (non-hydrogen) atoms. The lowest BCUT2D eigenvalue weighted by Gasteiger charge is -2.19. The molecule has 1 aliphatic heterocycles. The van der Waals surface area contributed by atoms with Crippen LogP contribution in [0.5, 0.6) is 5.75 Å². The van der Waals surface area contributed by atoms with Crippen molar-refractivity contribution in [3.63, 3.8) is 0 Å². The molecule has 0 radical (unpaired) electrons. The molecule has 0 saturated heterocycles. The number of aromatic hydroxyl groups is 1. The number of amidine groups is 1. The normalized spacial score (nSPS) is 14.8. The standard InChI is InChI=1S/C20H20N4O4S2/c1-12(2)9-10-24-20(26)16(18(25)17(22-24)14-7-5-11-29-14)19-21-13-6-3-4-8-15(13)30(27,28)23-19/h3-8,11-12,25H,9-10H2,1-2H3,(H,21,23). The first-order valence-corrected chi connectivity index (χ1v) is 11.7. The van der Waals surface area contributed by atoms with E-state index in [1.54, 1.807) is 30.3 Å². The molecule has 156 valence electrons. The monoisotopic (exact) mass is 444 g/mol. The lowest BCUT2D eigenvalue weighted by atomic mass is 10.1. The number of hydrogen-bond acceptors (Lipinski definition) is 7. The number of fused-ring (bicyclic) bond motifs is 1. The average molecular weight is 445 g/mol. The number of sulfonamides is 1. The predicted molar refractivity (Wildman–Crippen MR) is 116 cm³/mol. The minimum Gasteiger partial charge on any atom is -0.505 e. The number of nitrogens with zero attached hydrogens (tertiary/aromatic N) is 3. The number of aromatic nitrogens is 2. The third kappa shape index (κ3) is 3.63. The lowest BCUT2D eigenvalue weighted by molar-refractivity contribution is 0.444. The van der Waals surface area contributed by atoms with Crippen LogP contribution in [0, 0.1) is 5.92 Å². The molecule has 0 amide bonds. The van der Waals surface area contributed by atoms with Crippen LogP contribution in [0.4, 0.5) is 5.69 Å². The minimum absolute atomic E-state index is 0.0147. The summed E-state index contributed by atoms with van der Waals surface area (Å²) in [7, 11) is -3.94. The highest BCUT2D eigenvalue weighted by atomic mass is 32.2. The summed E-state index contributed by atoms with van der Waals surface area (Å²) in [6.07, 6.45) is 0.696. The summed E-state index contributed by atoms with van der Waals surface area (Å²) in [6, 6.07) is 9.81. The van der Waals surface area contributed by atoms with Gasteiger partial charge in [-0.05, 0) is 35.9 Å². The molecule has 2 N–H and O–H groups in total. The van der Waals surface area contributed by atoms with Crippen molar-refractivity contribution in [3.8, 4) is 16.3 Å². The number of thiophene rings is 1. The fraction of sp³-hybridized carbons (Fsp3) is 0.250. The molecule has 10 heteroatoms. The van der Waals surface area contributed by atoms with Crippen LogP contribution in [0.2, 0.25) is 0 Å². The van der Waals surface area contributed by atoms with Crippen LogP contribution in [0.3, 0.4) is 0 Å². The molecule has 1 aromatic carbocycles. The maximum absolute atomic E-state index is 13.2. The molecule has 0 spiro atoms. The molecule has 0 saturated carbocycles. The number of aliphatic imine (C=N–C) groups is 1. The summed E-state index contributed by atoms with van der Waals surface area (Å²) < 4.78 is 29.0. The van der Waals surface area contributed by atoms with Crippen LogP contribution in [0.1, 0.15) is 25.8 Å². The van der Waals surface area contributed by atoms with Crippen molar-refractivity contribution in [1.29, 1.82) is 0 Å². The fourth-order valence-electron chi connectivity index (χ4n) is 3.10. The van der Waals surface area contributed by atoms with Crippen molar-refractivity contribution >= 4 is 32.9 Å². The third-order valence-corrected chi connectivity index (χ3v) is 6.92. The maximum atomic E-state index is 13.2. The summed E-state index contributed by atoms with van der Waals surface area (Å²) in [5.41, 5.74) is -0.401. The Morgan fingerprint density at radius 2 is 1.97 bits per heavy atom. The number of benzene rings is 1. The van der Waals surface area contributed by atoms with Gasteiger partial charge in [0.15, 0.2) is 11.6 Å². The smallest absolute Gasteiger partial charge is 0.281 e. The highest BCUT2D eigenvalue weighted by Gasteiger charge is 2.31. The van der Waals surface area contributed by atoms with Gasteiger partial charge in [0.05, 0.1) is 10.6 Å². The Kier molecular flexibility index (Phi) is 5.20. The number of hydrogen-bond donors (Lipinski definition) is 2. The van der Waals surface area contributed by atoms with E-state index in [0.29, 0.717) is 23.8 Å². The number of para-hydroxylation sites is 1. The van der Waals surface area contributed by atoms with Crippen molar-refractivity contribution in [2.24, 2.45) is 10.9 Å². The lowest BCUT2D eigenvalue weighted by Crippen LogP contribution is -2.39. The van der Waals surface area contributed by atoms with Gasteiger partial charge in [-0.25, -0.2) is 18.1 Å². The van der Waals surface area contributed by atoms with Gasteiger partial charge in [-0.15, -0.1) is 11.3 Å². The molecule has 1 aliphatic rings. The fourth-order valence-corrected chi connectivity index (χ4v) is 4.97. The molecule has 0 atom stereocenters. The van der Waals surface area contributed by atoms with Gasteiger partial charge >= 0.3 is 0 Å². The van der Waals surface area contributed by atoms with E-state index in [2.05, 4.69) is 14.8 Å². The van der Waals surface area contributed by atoms with Gasteiger partial charge in [0.1, 0.15) is 16.2 Å². The topological polar surface area (TPSA) is 114 Å². The van der Waals surface area contributed by atoms with Crippen molar-refractivity contribution in [2.45, 2.75) is 31.7 Å². The van der Waals surface area contributed by atoms with E-state index in [1.807, 2.05) is 19.2 Å². The van der Waals surface area contributed by atoms with Gasteiger partial charge in [0, 0.05) is 6.54 Å². The van der Waals surface area contributed by atoms with Crippen LogP contribution in [0.15, 0.2) is 56.5 Å². The quantitative estimate of drug-likeness (QED) is 0.628. The number of nitrogens with one attached hydrogen (secondary N) is 1. The van der Waals surface area contributed by atoms with E-state index in [4.69, 9.17) is 0 Å². The van der Waals surface area contributed by atoms with E-state index in [1.165, 1.54) is 22.1 Å². The second-order valence-electron chi connectivity index (χ2n) is 7.29. The summed E-state index contributed by atoms with van der Waals surface area (Å²) in [4.78, 5) is 18.2. The van der Waals surface area contributed by atoms with Crippen molar-refractivity contribution in [1.82, 2.24) is 14.5 Å². The molecule has 0 unspecified atom stereocenters. The van der Waals surface area contributed by atoms with Crippen molar-refractivity contribution in [3.05, 3.63) is 57.7 Å². The summed E-state index contributed by atoms with van der Waals surface area (Å²) >= 11 is 1.36. The third-order valence-electron chi connectivity index (χ3n) is 4.66. The van der Waals surface area contributed by atoms with Gasteiger partial charge < -0.3 is 5.11 Å². The Balaban J connectivity index is 1.96. The van der Waals surface area contributed by atoms with Gasteiger partial charge in [0.2, 0.25) is 0 Å². The highest BCUT2D eigenvalue weighted by Crippen LogP contribution is 2.34. The first-order valence-electron chi connectivity index (χ1n) is 9.37. The maximum Gasteiger partial charge on any atom is 0.281 e. The highest BCUT2D eigenvalue weighted by molar-refractivity contribution is 7.90. The van der Waals surface area contributed by atoms with Crippen LogP contribution in [0.25, 0.3) is 10.6 Å². The number of aryl methyl sites for hydroxylation is 1. The zero-order chi connectivity index (χ0) is 21.5. The van der Waals surface area contributed by atoms with Crippen LogP contribution < -0.4 is 10.3 Å². The van der Waals surface area contributed by atoms with E-state index in [9.17, 15) is 18.3 Å². The minimum atomic E-state index is -3.94. The first-order chi connectivity index (χ1) is 14.3. The Bertz CT molecular complexity index is 1290. The summed E-state index contributed by atoms with van der Waals surface area (Å²) in [6.45, 7) is 4.39. The van der Waals surface area contributed by atoms with Crippen molar-refractivity contribution < 1.29 is 13.5 Å². The van der Waals surface area contributed by atoms with Crippen LogP contribution in [-0.4, -0.2) is 29.1 Å². The average Bonchev–Trinajstić information content (AvgIpc) is 3.21. The van der Waals surface area contributed by atoms with Gasteiger partial charge in [0.25, 0.3) is 15.6 Å². The molecule has 8 nitrogen and oxygen atoms in total. The van der Waals surface area contributed by atoms with E-state index in [0.717, 1.165) is 0 Å². The van der Waals surface area contributed by atoms with Crippen molar-refractivity contribution in [2.75, 3.05) is 0 Å². The van der Waals surface area contributed by atoms with Gasteiger partial charge in [-0.3, -0.25) is 9.52 Å². The van der Waals surface area contributed by atoms with E-state index in [-0.39, 0.29) is 27.7 Å². The number of rotatable bonds is 5. The van der Waals surface area contributed by atoms with E-state index < -0.39 is 21.3 Å². The summed E-state index contributed by atoms with van der Waals surface area (Å²) in [5.74, 6) is -0.280. The zero-order valence-corrected chi connectivity index (χ0v) is 18.0. The Morgan fingerprint density at radius 3 is 2.67 bits per heavy atom. The molecule has 2 aromatic heterocycles. The SMILES string of the molecule is CC(C)CCn1nc(-c2cccs2)c(O)c(C2=Nc3ccccc3S(=O)(=O)N2)c1=O. The molecule has 4 rings (SSSR count). The molecular weight excluding hydrogens is 424 g/mol. The summed E-state index contributed by atoms with van der Waals surface area (Å²) in [5, 5.41) is 17.1. The molecular formula is C20H20N4O4S2. The van der Waals surface area contributed by atoms with Crippen LogP contribution in [-0.2, 0) is 16.6 Å². The Morgan fingerprint density at radius 1 is 1.20 bits per heavy atom. The molecule has 0 fully saturated rings.